The number of urea groups is 1. The average molecular weight is 291 g/mol. The van der Waals surface area contributed by atoms with Crippen molar-refractivity contribution in [3.8, 4) is 0 Å². The van der Waals surface area contributed by atoms with E-state index in [1.165, 1.54) is 19.3 Å². The highest BCUT2D eigenvalue weighted by Gasteiger charge is 2.37. The zero-order chi connectivity index (χ0) is 15.0. The van der Waals surface area contributed by atoms with E-state index in [9.17, 15) is 9.59 Å². The van der Waals surface area contributed by atoms with E-state index in [2.05, 4.69) is 10.3 Å². The number of aromatic amines is 1. The fourth-order valence-electron chi connectivity index (χ4n) is 3.75. The Morgan fingerprint density at radius 3 is 2.86 bits per heavy atom. The van der Waals surface area contributed by atoms with Gasteiger partial charge in [0.1, 0.15) is 5.69 Å². The number of aromatic carboxylic acids is 1. The molecule has 2 fully saturated rings. The van der Waals surface area contributed by atoms with Crippen LogP contribution in [-0.4, -0.2) is 39.6 Å². The monoisotopic (exact) mass is 291 g/mol. The lowest BCUT2D eigenvalue weighted by Gasteiger charge is -2.37. The zero-order valence-electron chi connectivity index (χ0n) is 12.2. The van der Waals surface area contributed by atoms with E-state index >= 15 is 0 Å². The van der Waals surface area contributed by atoms with Crippen molar-refractivity contribution in [3.05, 3.63) is 17.5 Å². The molecule has 2 unspecified atom stereocenters. The fourth-order valence-corrected chi connectivity index (χ4v) is 3.75. The molecular weight excluding hydrogens is 270 g/mol. The fraction of sp³-hybridized carbons (Fsp3) is 0.600. The maximum Gasteiger partial charge on any atom is 0.354 e. The van der Waals surface area contributed by atoms with E-state index in [0.29, 0.717) is 17.6 Å². The number of piperidine rings is 1. The summed E-state index contributed by atoms with van der Waals surface area (Å²) < 4.78 is 0. The van der Waals surface area contributed by atoms with Gasteiger partial charge in [0.15, 0.2) is 0 Å². The lowest BCUT2D eigenvalue weighted by molar-refractivity contribution is 0.0692. The molecule has 0 radical (unpaired) electrons. The van der Waals surface area contributed by atoms with Crippen LogP contribution < -0.4 is 5.32 Å². The lowest BCUT2D eigenvalue weighted by Crippen LogP contribution is -2.48. The van der Waals surface area contributed by atoms with Crippen LogP contribution in [0.2, 0.25) is 0 Å². The Balaban J connectivity index is 1.75. The molecule has 2 atom stereocenters. The van der Waals surface area contributed by atoms with E-state index in [0.717, 1.165) is 25.1 Å². The van der Waals surface area contributed by atoms with E-state index in [4.69, 9.17) is 5.11 Å². The molecule has 1 saturated carbocycles. The molecule has 0 aromatic carbocycles. The molecule has 6 nitrogen and oxygen atoms in total. The normalized spacial score (nSPS) is 24.7. The van der Waals surface area contributed by atoms with Crippen LogP contribution in [0.25, 0.3) is 0 Å². The zero-order valence-corrected chi connectivity index (χ0v) is 12.2. The number of H-pyrrole nitrogens is 1. The quantitative estimate of drug-likeness (QED) is 0.783. The number of anilines is 1. The highest BCUT2D eigenvalue weighted by Crippen LogP contribution is 2.37. The minimum absolute atomic E-state index is 0.0424. The Morgan fingerprint density at radius 1 is 1.33 bits per heavy atom. The van der Waals surface area contributed by atoms with Gasteiger partial charge in [-0.3, -0.25) is 0 Å². The largest absolute Gasteiger partial charge is 0.477 e. The number of carbonyl (C=O) groups excluding carboxylic acids is 1. The molecule has 114 valence electrons. The number of carbonyl (C=O) groups is 2. The number of nitrogens with one attached hydrogen (secondary N) is 2. The number of nitrogens with zero attached hydrogens (tertiary/aromatic N) is 1. The third kappa shape index (κ3) is 2.62. The van der Waals surface area contributed by atoms with Gasteiger partial charge in [-0.1, -0.05) is 6.42 Å². The number of amides is 2. The number of aromatic nitrogens is 1. The molecule has 21 heavy (non-hydrogen) atoms. The molecule has 2 heterocycles. The maximum absolute atomic E-state index is 12.5. The topological polar surface area (TPSA) is 85.4 Å². The first-order valence-corrected chi connectivity index (χ1v) is 7.57. The smallest absolute Gasteiger partial charge is 0.354 e. The van der Waals surface area contributed by atoms with Crippen molar-refractivity contribution >= 4 is 17.7 Å². The molecule has 2 aliphatic rings. The molecule has 0 spiro atoms. The summed E-state index contributed by atoms with van der Waals surface area (Å²) >= 11 is 0. The number of hydrogen-bond acceptors (Lipinski definition) is 2. The predicted molar refractivity (Wildman–Crippen MR) is 78.6 cm³/mol. The van der Waals surface area contributed by atoms with Crippen molar-refractivity contribution < 1.29 is 14.7 Å². The summed E-state index contributed by atoms with van der Waals surface area (Å²) in [5, 5.41) is 11.9. The van der Waals surface area contributed by atoms with Crippen molar-refractivity contribution in [2.24, 2.45) is 5.92 Å². The molecule has 1 aromatic heterocycles. The van der Waals surface area contributed by atoms with Crippen LogP contribution in [0.1, 0.15) is 48.3 Å². The maximum atomic E-state index is 12.5. The van der Waals surface area contributed by atoms with Crippen molar-refractivity contribution in [2.75, 3.05) is 11.9 Å². The number of fused-ring (bicyclic) bond motifs is 1. The summed E-state index contributed by atoms with van der Waals surface area (Å²) in [6.07, 6.45) is 5.70. The second-order valence-electron chi connectivity index (χ2n) is 6.07. The molecule has 0 bridgehead atoms. The van der Waals surface area contributed by atoms with Crippen molar-refractivity contribution in [3.63, 3.8) is 0 Å². The van der Waals surface area contributed by atoms with E-state index in [-0.39, 0.29) is 11.7 Å². The van der Waals surface area contributed by atoms with Gasteiger partial charge >= 0.3 is 12.0 Å². The summed E-state index contributed by atoms with van der Waals surface area (Å²) in [5.41, 5.74) is 1.12. The van der Waals surface area contributed by atoms with Crippen molar-refractivity contribution in [2.45, 2.75) is 45.1 Å². The number of likely N-dealkylation sites (tertiary alicyclic amines) is 1. The second-order valence-corrected chi connectivity index (χ2v) is 6.07. The van der Waals surface area contributed by atoms with Crippen LogP contribution in [0, 0.1) is 12.8 Å². The average Bonchev–Trinajstić information content (AvgIpc) is 3.04. The van der Waals surface area contributed by atoms with E-state index in [1.54, 1.807) is 13.0 Å². The Morgan fingerprint density at radius 2 is 2.10 bits per heavy atom. The summed E-state index contributed by atoms with van der Waals surface area (Å²) in [5.74, 6) is -0.438. The minimum atomic E-state index is -1.06. The Hall–Kier alpha value is -1.98. The highest BCUT2D eigenvalue weighted by molar-refractivity contribution is 5.99. The standard InChI is InChI=1S/C15H21N3O3/c1-9-8-11(13(16-9)14(19)20)17-15(21)18-7-3-5-10-4-2-6-12(10)18/h8,10,12,16H,2-7H2,1H3,(H,17,21)(H,19,20). The second kappa shape index (κ2) is 5.42. The van der Waals surface area contributed by atoms with Gasteiger partial charge in [-0.25, -0.2) is 9.59 Å². The van der Waals surface area contributed by atoms with Crippen LogP contribution in [0.15, 0.2) is 6.07 Å². The van der Waals surface area contributed by atoms with E-state index < -0.39 is 5.97 Å². The Bertz CT molecular complexity index is 567. The molecule has 1 aromatic rings. The minimum Gasteiger partial charge on any atom is -0.477 e. The van der Waals surface area contributed by atoms with Crippen LogP contribution in [0.4, 0.5) is 10.5 Å². The number of carboxylic acids is 1. The van der Waals surface area contributed by atoms with Gasteiger partial charge in [0.25, 0.3) is 0 Å². The third-order valence-corrected chi connectivity index (χ3v) is 4.66. The molecule has 2 amide bonds. The van der Waals surface area contributed by atoms with Gasteiger partial charge in [0.2, 0.25) is 0 Å². The van der Waals surface area contributed by atoms with Crippen LogP contribution in [0.5, 0.6) is 0 Å². The van der Waals surface area contributed by atoms with Gasteiger partial charge in [-0.15, -0.1) is 0 Å². The van der Waals surface area contributed by atoms with Gasteiger partial charge in [-0.2, -0.15) is 0 Å². The highest BCUT2D eigenvalue weighted by atomic mass is 16.4. The number of carboxylic acid groups (broad SMARTS) is 1. The van der Waals surface area contributed by atoms with Gasteiger partial charge in [-0.05, 0) is 44.6 Å². The molecular formula is C15H21N3O3. The SMILES string of the molecule is Cc1cc(NC(=O)N2CCCC3CCCC32)c(C(=O)O)[nH]1. The van der Waals surface area contributed by atoms with Gasteiger partial charge in [0.05, 0.1) is 5.69 Å². The lowest BCUT2D eigenvalue weighted by atomic mass is 9.92. The predicted octanol–water partition coefficient (Wildman–Crippen LogP) is 2.82. The third-order valence-electron chi connectivity index (χ3n) is 4.66. The van der Waals surface area contributed by atoms with Crippen LogP contribution in [-0.2, 0) is 0 Å². The van der Waals surface area contributed by atoms with Crippen LogP contribution in [0.3, 0.4) is 0 Å². The molecule has 3 rings (SSSR count). The first-order valence-electron chi connectivity index (χ1n) is 7.57. The molecule has 1 aliphatic carbocycles. The van der Waals surface area contributed by atoms with Gasteiger partial charge in [0, 0.05) is 18.3 Å². The van der Waals surface area contributed by atoms with E-state index in [1.807, 2.05) is 4.90 Å². The Labute approximate surface area is 123 Å². The molecule has 1 saturated heterocycles. The summed E-state index contributed by atoms with van der Waals surface area (Å²) in [6.45, 7) is 2.54. The summed E-state index contributed by atoms with van der Waals surface area (Å²) in [4.78, 5) is 28.3. The molecule has 6 heteroatoms. The number of rotatable bonds is 2. The number of aryl methyl sites for hydroxylation is 1. The number of hydrogen-bond donors (Lipinski definition) is 3. The molecule has 3 N–H and O–H groups in total. The summed E-state index contributed by atoms with van der Waals surface area (Å²) in [7, 11) is 0. The first-order chi connectivity index (χ1) is 10.1. The first kappa shape index (κ1) is 14.0. The van der Waals surface area contributed by atoms with Crippen molar-refractivity contribution in [1.82, 2.24) is 9.88 Å². The summed E-state index contributed by atoms with van der Waals surface area (Å²) in [6, 6.07) is 1.82. The molecule has 1 aliphatic heterocycles. The van der Waals surface area contributed by atoms with Crippen LogP contribution >= 0.6 is 0 Å². The van der Waals surface area contributed by atoms with Crippen molar-refractivity contribution in [1.29, 1.82) is 0 Å². The Kier molecular flexibility index (Phi) is 3.61. The van der Waals surface area contributed by atoms with Gasteiger partial charge < -0.3 is 20.3 Å².